The zero-order valence-corrected chi connectivity index (χ0v) is 8.93. The van der Waals surface area contributed by atoms with Crippen LogP contribution in [0.5, 0.6) is 0 Å². The van der Waals surface area contributed by atoms with Gasteiger partial charge in [0.05, 0.1) is 12.9 Å². The Kier molecular flexibility index (Phi) is 5.17. The molecule has 0 atom stereocenters. The average molecular weight is 230 g/mol. The Labute approximate surface area is 102 Å². The first-order valence-corrected chi connectivity index (χ1v) is 5.22. The summed E-state index contributed by atoms with van der Waals surface area (Å²) in [5.41, 5.74) is 3.45. The highest BCUT2D eigenvalue weighted by atomic mass is 16.2. The van der Waals surface area contributed by atoms with E-state index in [1.807, 2.05) is 24.4 Å². The lowest BCUT2D eigenvalue weighted by Crippen LogP contribution is -1.87. The van der Waals surface area contributed by atoms with Gasteiger partial charge in [-0.1, -0.05) is 43.8 Å². The standard InChI is InChI=1S/C13H14N2O.CH4/c16-7-1-2-11-3-5-12(6-4-11)8-13-9-14-10-15-13;/h1-6,9-10,16H,7-8H2,(H,14,15);1H4/b2-1+;. The van der Waals surface area contributed by atoms with Gasteiger partial charge in [0.2, 0.25) is 0 Å². The van der Waals surface area contributed by atoms with Crippen LogP contribution in [0.1, 0.15) is 24.2 Å². The lowest BCUT2D eigenvalue weighted by molar-refractivity contribution is 0.343. The fourth-order valence-electron chi connectivity index (χ4n) is 1.54. The molecule has 17 heavy (non-hydrogen) atoms. The first-order chi connectivity index (χ1) is 7.88. The van der Waals surface area contributed by atoms with Crippen molar-refractivity contribution < 1.29 is 5.11 Å². The number of hydrogen-bond acceptors (Lipinski definition) is 2. The molecule has 0 aliphatic heterocycles. The number of nitrogens with one attached hydrogen (secondary N) is 1. The Morgan fingerprint density at radius 3 is 2.59 bits per heavy atom. The van der Waals surface area contributed by atoms with Crippen LogP contribution < -0.4 is 0 Å². The van der Waals surface area contributed by atoms with Crippen molar-refractivity contribution in [2.75, 3.05) is 6.61 Å². The SMILES string of the molecule is C.OC/C=C/c1ccc(Cc2cnc[nH]2)cc1. The second kappa shape index (κ2) is 6.66. The van der Waals surface area contributed by atoms with E-state index in [-0.39, 0.29) is 14.0 Å². The molecule has 0 radical (unpaired) electrons. The predicted octanol–water partition coefficient (Wildman–Crippen LogP) is 2.64. The number of H-pyrrole nitrogens is 1. The molecular formula is C14H18N2O. The highest BCUT2D eigenvalue weighted by Gasteiger charge is 1.96. The Morgan fingerprint density at radius 2 is 2.00 bits per heavy atom. The van der Waals surface area contributed by atoms with Crippen LogP contribution in [0, 0.1) is 0 Å². The van der Waals surface area contributed by atoms with E-state index in [1.165, 1.54) is 5.56 Å². The minimum absolute atomic E-state index is 0. The molecule has 90 valence electrons. The van der Waals surface area contributed by atoms with Gasteiger partial charge in [0, 0.05) is 18.3 Å². The van der Waals surface area contributed by atoms with Gasteiger partial charge in [-0.25, -0.2) is 4.98 Å². The van der Waals surface area contributed by atoms with Crippen LogP contribution in [0.25, 0.3) is 6.08 Å². The maximum atomic E-state index is 8.66. The largest absolute Gasteiger partial charge is 0.392 e. The topological polar surface area (TPSA) is 48.9 Å². The average Bonchev–Trinajstić information content (AvgIpc) is 2.81. The van der Waals surface area contributed by atoms with Crippen LogP contribution in [0.4, 0.5) is 0 Å². The summed E-state index contributed by atoms with van der Waals surface area (Å²) in [4.78, 5) is 7.06. The second-order valence-electron chi connectivity index (χ2n) is 3.58. The molecule has 1 aromatic heterocycles. The molecule has 0 saturated heterocycles. The van der Waals surface area contributed by atoms with E-state index in [4.69, 9.17) is 5.11 Å². The summed E-state index contributed by atoms with van der Waals surface area (Å²) < 4.78 is 0. The van der Waals surface area contributed by atoms with Crippen molar-refractivity contribution in [2.45, 2.75) is 13.8 Å². The molecule has 0 unspecified atom stereocenters. The summed E-state index contributed by atoms with van der Waals surface area (Å²) in [7, 11) is 0. The van der Waals surface area contributed by atoms with Crippen molar-refractivity contribution >= 4 is 6.08 Å². The molecule has 0 spiro atoms. The van der Waals surface area contributed by atoms with Gasteiger partial charge in [-0.15, -0.1) is 0 Å². The predicted molar refractivity (Wildman–Crippen MR) is 70.7 cm³/mol. The summed E-state index contributed by atoms with van der Waals surface area (Å²) in [6.07, 6.45) is 8.02. The Hall–Kier alpha value is -1.87. The summed E-state index contributed by atoms with van der Waals surface area (Å²) in [6.45, 7) is 0.0793. The first-order valence-electron chi connectivity index (χ1n) is 5.22. The van der Waals surface area contributed by atoms with Gasteiger partial charge in [0.15, 0.2) is 0 Å². The van der Waals surface area contributed by atoms with Gasteiger partial charge in [-0.2, -0.15) is 0 Å². The van der Waals surface area contributed by atoms with Gasteiger partial charge in [-0.3, -0.25) is 0 Å². The Balaban J connectivity index is 0.00000144. The Morgan fingerprint density at radius 1 is 1.24 bits per heavy atom. The van der Waals surface area contributed by atoms with Crippen LogP contribution in [-0.4, -0.2) is 21.7 Å². The van der Waals surface area contributed by atoms with Crippen molar-refractivity contribution in [2.24, 2.45) is 0 Å². The third-order valence-corrected chi connectivity index (χ3v) is 2.34. The molecule has 3 heteroatoms. The van der Waals surface area contributed by atoms with Crippen LogP contribution in [0.3, 0.4) is 0 Å². The number of aromatic amines is 1. The number of nitrogens with zero attached hydrogens (tertiary/aromatic N) is 1. The van der Waals surface area contributed by atoms with E-state index in [0.29, 0.717) is 0 Å². The molecule has 0 amide bonds. The van der Waals surface area contributed by atoms with E-state index >= 15 is 0 Å². The zero-order valence-electron chi connectivity index (χ0n) is 8.93. The molecule has 2 N–H and O–H groups in total. The van der Waals surface area contributed by atoms with Gasteiger partial charge in [0.25, 0.3) is 0 Å². The fourth-order valence-corrected chi connectivity index (χ4v) is 1.54. The monoisotopic (exact) mass is 230 g/mol. The van der Waals surface area contributed by atoms with Crippen molar-refractivity contribution in [1.29, 1.82) is 0 Å². The maximum absolute atomic E-state index is 8.66. The molecule has 2 rings (SSSR count). The maximum Gasteiger partial charge on any atom is 0.0921 e. The summed E-state index contributed by atoms with van der Waals surface area (Å²) in [6, 6.07) is 8.24. The number of hydrogen-bond donors (Lipinski definition) is 2. The van der Waals surface area contributed by atoms with Crippen LogP contribution in [0.15, 0.2) is 42.9 Å². The number of aromatic nitrogens is 2. The highest BCUT2D eigenvalue weighted by molar-refractivity contribution is 5.49. The molecule has 0 aliphatic rings. The van der Waals surface area contributed by atoms with E-state index in [0.717, 1.165) is 17.7 Å². The van der Waals surface area contributed by atoms with Crippen LogP contribution in [0.2, 0.25) is 0 Å². The van der Waals surface area contributed by atoms with Crippen molar-refractivity contribution in [3.63, 3.8) is 0 Å². The highest BCUT2D eigenvalue weighted by Crippen LogP contribution is 2.09. The van der Waals surface area contributed by atoms with Crippen molar-refractivity contribution in [3.05, 3.63) is 59.7 Å². The van der Waals surface area contributed by atoms with Crippen LogP contribution in [-0.2, 0) is 6.42 Å². The molecule has 0 saturated carbocycles. The molecular weight excluding hydrogens is 212 g/mol. The smallest absolute Gasteiger partial charge is 0.0921 e. The van der Waals surface area contributed by atoms with Crippen LogP contribution >= 0.6 is 0 Å². The number of aliphatic hydroxyl groups excluding tert-OH is 1. The third-order valence-electron chi connectivity index (χ3n) is 2.34. The quantitative estimate of drug-likeness (QED) is 0.848. The number of aliphatic hydroxyl groups is 1. The molecule has 3 nitrogen and oxygen atoms in total. The van der Waals surface area contributed by atoms with Crippen molar-refractivity contribution in [1.82, 2.24) is 9.97 Å². The Bertz CT molecular complexity index is 444. The lowest BCUT2D eigenvalue weighted by Gasteiger charge is -1.99. The molecule has 0 fully saturated rings. The molecule has 1 aromatic carbocycles. The molecule has 0 bridgehead atoms. The van der Waals surface area contributed by atoms with Gasteiger partial charge < -0.3 is 10.1 Å². The summed E-state index contributed by atoms with van der Waals surface area (Å²) in [5, 5.41) is 8.66. The minimum Gasteiger partial charge on any atom is -0.392 e. The lowest BCUT2D eigenvalue weighted by atomic mass is 10.1. The second-order valence-corrected chi connectivity index (χ2v) is 3.58. The minimum atomic E-state index is 0. The molecule has 1 heterocycles. The first kappa shape index (κ1) is 13.2. The van der Waals surface area contributed by atoms with E-state index in [1.54, 1.807) is 12.4 Å². The zero-order chi connectivity index (χ0) is 11.2. The normalized spacial score (nSPS) is 10.4. The third kappa shape index (κ3) is 3.89. The van der Waals surface area contributed by atoms with Gasteiger partial charge in [0.1, 0.15) is 0 Å². The fraction of sp³-hybridized carbons (Fsp3) is 0.214. The van der Waals surface area contributed by atoms with E-state index in [2.05, 4.69) is 22.1 Å². The number of imidazole rings is 1. The molecule has 2 aromatic rings. The van der Waals surface area contributed by atoms with E-state index < -0.39 is 0 Å². The number of benzene rings is 1. The number of rotatable bonds is 4. The van der Waals surface area contributed by atoms with Gasteiger partial charge >= 0.3 is 0 Å². The molecule has 0 aliphatic carbocycles. The summed E-state index contributed by atoms with van der Waals surface area (Å²) >= 11 is 0. The van der Waals surface area contributed by atoms with E-state index in [9.17, 15) is 0 Å². The van der Waals surface area contributed by atoms with Crippen molar-refractivity contribution in [3.8, 4) is 0 Å². The summed E-state index contributed by atoms with van der Waals surface area (Å²) in [5.74, 6) is 0. The van der Waals surface area contributed by atoms with Gasteiger partial charge in [-0.05, 0) is 11.1 Å².